The van der Waals surface area contributed by atoms with Crippen LogP contribution in [0.15, 0.2) is 42.5 Å². The third-order valence-corrected chi connectivity index (χ3v) is 3.60. The molecular weight excluding hydrogens is 339 g/mol. The number of carbonyl (C=O) groups is 1. The van der Waals surface area contributed by atoms with Crippen molar-refractivity contribution in [1.82, 2.24) is 9.97 Å². The Balaban J connectivity index is 1.79. The number of anilines is 1. The summed E-state index contributed by atoms with van der Waals surface area (Å²) in [6.45, 7) is -0.465. The predicted molar refractivity (Wildman–Crippen MR) is 94.7 cm³/mol. The minimum absolute atomic E-state index is 0.0601. The number of alkyl halides is 1. The first-order valence-corrected chi connectivity index (χ1v) is 7.84. The van der Waals surface area contributed by atoms with Crippen LogP contribution in [0.5, 0.6) is 11.6 Å². The van der Waals surface area contributed by atoms with Crippen LogP contribution in [0.4, 0.5) is 10.3 Å². The predicted octanol–water partition coefficient (Wildman–Crippen LogP) is 2.24. The van der Waals surface area contributed by atoms with E-state index in [1.54, 1.807) is 36.4 Å². The van der Waals surface area contributed by atoms with Gasteiger partial charge in [0.15, 0.2) is 0 Å². The summed E-state index contributed by atoms with van der Waals surface area (Å²) in [4.78, 5) is 19.2. The maximum absolute atomic E-state index is 12.4. The Kier molecular flexibility index (Phi) is 5.12. The van der Waals surface area contributed by atoms with Gasteiger partial charge in [0.1, 0.15) is 25.6 Å². The number of nitrogens with two attached hydrogens (primary N) is 2. The van der Waals surface area contributed by atoms with E-state index >= 15 is 0 Å². The van der Waals surface area contributed by atoms with E-state index in [9.17, 15) is 9.18 Å². The first kappa shape index (κ1) is 17.4. The minimum Gasteiger partial charge on any atom is -0.489 e. The van der Waals surface area contributed by atoms with Crippen LogP contribution in [0, 0.1) is 0 Å². The Morgan fingerprint density at radius 3 is 2.54 bits per heavy atom. The van der Waals surface area contributed by atoms with E-state index < -0.39 is 12.6 Å². The van der Waals surface area contributed by atoms with Crippen molar-refractivity contribution in [3.8, 4) is 11.6 Å². The second-order valence-electron chi connectivity index (χ2n) is 5.45. The van der Waals surface area contributed by atoms with Crippen molar-refractivity contribution in [2.24, 2.45) is 5.73 Å². The molecule has 0 atom stereocenters. The zero-order chi connectivity index (χ0) is 18.5. The van der Waals surface area contributed by atoms with Crippen molar-refractivity contribution in [2.75, 3.05) is 19.0 Å². The molecule has 3 aromatic rings. The highest BCUT2D eigenvalue weighted by molar-refractivity contribution is 5.92. The molecule has 0 bridgehead atoms. The number of nitrogens with zero attached hydrogens (tertiary/aromatic N) is 2. The minimum atomic E-state index is -0.629. The first-order valence-electron chi connectivity index (χ1n) is 7.84. The van der Waals surface area contributed by atoms with Crippen molar-refractivity contribution in [1.29, 1.82) is 0 Å². The molecule has 2 aromatic carbocycles. The van der Waals surface area contributed by atoms with Gasteiger partial charge in [-0.3, -0.25) is 4.79 Å². The number of hydrogen-bond acceptors (Lipinski definition) is 6. The maximum Gasteiger partial charge on any atom is 0.248 e. The topological polar surface area (TPSA) is 113 Å². The van der Waals surface area contributed by atoms with Gasteiger partial charge in [-0.2, -0.15) is 4.98 Å². The summed E-state index contributed by atoms with van der Waals surface area (Å²) in [6.07, 6.45) is 0. The quantitative estimate of drug-likeness (QED) is 0.671. The number of carbonyl (C=O) groups excluding carboxylic acids is 1. The normalized spacial score (nSPS) is 10.7. The van der Waals surface area contributed by atoms with Crippen molar-refractivity contribution >= 4 is 22.8 Å². The van der Waals surface area contributed by atoms with Crippen LogP contribution >= 0.6 is 0 Å². The van der Waals surface area contributed by atoms with E-state index in [0.717, 1.165) is 5.56 Å². The van der Waals surface area contributed by atoms with E-state index in [2.05, 4.69) is 9.97 Å². The molecule has 0 radical (unpaired) electrons. The molecule has 7 nitrogen and oxygen atoms in total. The Hall–Kier alpha value is -3.42. The summed E-state index contributed by atoms with van der Waals surface area (Å²) >= 11 is 0. The molecule has 8 heteroatoms. The fraction of sp³-hybridized carbons (Fsp3) is 0.167. The number of aromatic nitrogens is 2. The van der Waals surface area contributed by atoms with Gasteiger partial charge in [-0.15, -0.1) is 0 Å². The average molecular weight is 356 g/mol. The summed E-state index contributed by atoms with van der Waals surface area (Å²) in [5.41, 5.74) is 12.7. The zero-order valence-corrected chi connectivity index (χ0v) is 13.8. The van der Waals surface area contributed by atoms with Crippen molar-refractivity contribution in [3.63, 3.8) is 0 Å². The van der Waals surface area contributed by atoms with Gasteiger partial charge in [0.2, 0.25) is 17.7 Å². The molecule has 4 N–H and O–H groups in total. The Morgan fingerprint density at radius 2 is 1.85 bits per heavy atom. The summed E-state index contributed by atoms with van der Waals surface area (Å²) in [7, 11) is 0. The van der Waals surface area contributed by atoms with E-state index in [1.165, 1.54) is 0 Å². The van der Waals surface area contributed by atoms with E-state index in [-0.39, 0.29) is 25.0 Å². The summed E-state index contributed by atoms with van der Waals surface area (Å²) in [5, 5.41) is 0.623. The van der Waals surface area contributed by atoms with E-state index in [0.29, 0.717) is 22.2 Å². The molecule has 1 amide bonds. The Labute approximate surface area is 148 Å². The summed E-state index contributed by atoms with van der Waals surface area (Å²) in [6, 6.07) is 11.9. The monoisotopic (exact) mass is 356 g/mol. The van der Waals surface area contributed by atoms with E-state index in [1.807, 2.05) is 6.07 Å². The van der Waals surface area contributed by atoms with Crippen molar-refractivity contribution < 1.29 is 18.7 Å². The van der Waals surface area contributed by atoms with Crippen LogP contribution < -0.4 is 20.9 Å². The highest BCUT2D eigenvalue weighted by Gasteiger charge is 2.09. The Bertz CT molecular complexity index is 932. The lowest BCUT2D eigenvalue weighted by Crippen LogP contribution is -2.10. The molecule has 0 aliphatic heterocycles. The number of hydrogen-bond donors (Lipinski definition) is 2. The lowest BCUT2D eigenvalue weighted by molar-refractivity contribution is 0.1000. The largest absolute Gasteiger partial charge is 0.489 e. The highest BCUT2D eigenvalue weighted by atomic mass is 19.1. The van der Waals surface area contributed by atoms with Crippen LogP contribution in [0.25, 0.3) is 10.9 Å². The number of primary amides is 1. The lowest BCUT2D eigenvalue weighted by Gasteiger charge is -2.10. The van der Waals surface area contributed by atoms with E-state index in [4.69, 9.17) is 20.9 Å². The number of nitrogen functional groups attached to an aromatic ring is 1. The second kappa shape index (κ2) is 7.64. The molecule has 3 rings (SSSR count). The van der Waals surface area contributed by atoms with Gasteiger partial charge >= 0.3 is 0 Å². The molecule has 134 valence electrons. The fourth-order valence-corrected chi connectivity index (χ4v) is 2.38. The molecule has 0 saturated carbocycles. The maximum atomic E-state index is 12.4. The smallest absolute Gasteiger partial charge is 0.248 e. The Morgan fingerprint density at radius 1 is 1.08 bits per heavy atom. The van der Waals surface area contributed by atoms with Crippen molar-refractivity contribution in [3.05, 3.63) is 53.6 Å². The molecule has 0 fully saturated rings. The molecule has 0 aliphatic carbocycles. The average Bonchev–Trinajstić information content (AvgIpc) is 2.64. The van der Waals surface area contributed by atoms with Gasteiger partial charge in [-0.05, 0) is 42.0 Å². The number of ether oxygens (including phenoxy) is 2. The van der Waals surface area contributed by atoms with Gasteiger partial charge in [0, 0.05) is 5.56 Å². The van der Waals surface area contributed by atoms with Crippen LogP contribution in [-0.4, -0.2) is 29.2 Å². The van der Waals surface area contributed by atoms with Gasteiger partial charge in [-0.25, -0.2) is 9.37 Å². The van der Waals surface area contributed by atoms with Gasteiger partial charge in [0.05, 0.1) is 10.9 Å². The van der Waals surface area contributed by atoms with Crippen molar-refractivity contribution in [2.45, 2.75) is 6.61 Å². The molecule has 0 saturated heterocycles. The summed E-state index contributed by atoms with van der Waals surface area (Å²) < 4.78 is 23.4. The molecular formula is C18H17FN4O3. The molecule has 0 spiro atoms. The van der Waals surface area contributed by atoms with Crippen LogP contribution in [0.1, 0.15) is 15.9 Å². The number of fused-ring (bicyclic) bond motifs is 1. The standard InChI is InChI=1S/C18H17FN4O3/c19-7-8-25-17-14-9-11(1-6-15(14)22-18(21)23-17)10-26-13-4-2-12(3-5-13)16(20)24/h1-6,9H,7-8,10H2,(H2,20,24)(H2,21,22,23). The number of rotatable bonds is 7. The van der Waals surface area contributed by atoms with Gasteiger partial charge < -0.3 is 20.9 Å². The SMILES string of the molecule is NC(=O)c1ccc(OCc2ccc3nc(N)nc(OCCF)c3c2)cc1. The number of benzene rings is 2. The number of amides is 1. The third-order valence-electron chi connectivity index (χ3n) is 3.60. The molecule has 1 heterocycles. The second-order valence-corrected chi connectivity index (χ2v) is 5.45. The lowest BCUT2D eigenvalue weighted by atomic mass is 10.1. The molecule has 1 aromatic heterocycles. The summed E-state index contributed by atoms with van der Waals surface area (Å²) in [5.74, 6) is 0.395. The van der Waals surface area contributed by atoms with Crippen LogP contribution in [0.2, 0.25) is 0 Å². The molecule has 0 unspecified atom stereocenters. The van der Waals surface area contributed by atoms with Crippen LogP contribution in [0.3, 0.4) is 0 Å². The first-order chi connectivity index (χ1) is 12.6. The number of halogens is 1. The van der Waals surface area contributed by atoms with Gasteiger partial charge in [0.25, 0.3) is 0 Å². The molecule has 0 aliphatic rings. The third kappa shape index (κ3) is 3.97. The molecule has 26 heavy (non-hydrogen) atoms. The zero-order valence-electron chi connectivity index (χ0n) is 13.8. The fourth-order valence-electron chi connectivity index (χ4n) is 2.38. The van der Waals surface area contributed by atoms with Crippen LogP contribution in [-0.2, 0) is 6.61 Å². The van der Waals surface area contributed by atoms with Gasteiger partial charge in [-0.1, -0.05) is 6.07 Å². The highest BCUT2D eigenvalue weighted by Crippen LogP contribution is 2.25.